The minimum Gasteiger partial charge on any atom is -0.373 e. The maximum atomic E-state index is 13.2. The Bertz CT molecular complexity index is 726. The summed E-state index contributed by atoms with van der Waals surface area (Å²) in [6, 6.07) is 17.1. The van der Waals surface area contributed by atoms with Gasteiger partial charge in [0.1, 0.15) is 5.82 Å². The van der Waals surface area contributed by atoms with E-state index >= 15 is 0 Å². The van der Waals surface area contributed by atoms with Crippen molar-refractivity contribution >= 4 is 29.9 Å². The van der Waals surface area contributed by atoms with Crippen LogP contribution in [0.3, 0.4) is 0 Å². The van der Waals surface area contributed by atoms with Crippen LogP contribution in [0.1, 0.15) is 23.7 Å². The van der Waals surface area contributed by atoms with Gasteiger partial charge in [-0.2, -0.15) is 0 Å². The van der Waals surface area contributed by atoms with Gasteiger partial charge in [-0.25, -0.2) is 4.39 Å². The van der Waals surface area contributed by atoms with Gasteiger partial charge in [0, 0.05) is 32.7 Å². The zero-order chi connectivity index (χ0) is 18.2. The van der Waals surface area contributed by atoms with E-state index in [0.717, 1.165) is 37.5 Å². The number of hydrogen-bond acceptors (Lipinski definition) is 2. The van der Waals surface area contributed by atoms with E-state index in [9.17, 15) is 4.39 Å². The Labute approximate surface area is 177 Å². The van der Waals surface area contributed by atoms with Gasteiger partial charge in [-0.3, -0.25) is 4.99 Å². The second-order valence-corrected chi connectivity index (χ2v) is 6.51. The fraction of sp³-hybridized carbons (Fsp3) is 0.381. The monoisotopic (exact) mass is 483 g/mol. The molecule has 2 atom stereocenters. The van der Waals surface area contributed by atoms with E-state index in [2.05, 4.69) is 39.9 Å². The molecular formula is C21H27FIN3O. The first-order valence-corrected chi connectivity index (χ1v) is 9.12. The molecule has 4 nitrogen and oxygen atoms in total. The molecule has 2 aromatic rings. The molecule has 0 aromatic heterocycles. The van der Waals surface area contributed by atoms with Gasteiger partial charge in [0.2, 0.25) is 0 Å². The van der Waals surface area contributed by atoms with Crippen molar-refractivity contribution in [2.24, 2.45) is 10.9 Å². The molecule has 6 heteroatoms. The van der Waals surface area contributed by atoms with E-state index in [1.165, 1.54) is 11.6 Å². The van der Waals surface area contributed by atoms with Crippen LogP contribution in [-0.2, 0) is 11.2 Å². The van der Waals surface area contributed by atoms with Crippen LogP contribution in [-0.4, -0.2) is 32.7 Å². The molecule has 0 aliphatic carbocycles. The zero-order valence-corrected chi connectivity index (χ0v) is 17.9. The molecule has 2 N–H and O–H groups in total. The summed E-state index contributed by atoms with van der Waals surface area (Å²) in [4.78, 5) is 4.28. The molecule has 146 valence electrons. The molecule has 0 radical (unpaired) electrons. The molecule has 3 rings (SSSR count). The highest BCUT2D eigenvalue weighted by atomic mass is 127. The Morgan fingerprint density at radius 2 is 1.96 bits per heavy atom. The van der Waals surface area contributed by atoms with Gasteiger partial charge in [0.05, 0.1) is 6.10 Å². The van der Waals surface area contributed by atoms with Crippen molar-refractivity contribution in [2.45, 2.75) is 18.9 Å². The number of guanidine groups is 1. The predicted molar refractivity (Wildman–Crippen MR) is 118 cm³/mol. The molecule has 0 spiro atoms. The number of nitrogens with zero attached hydrogens (tertiary/aromatic N) is 1. The van der Waals surface area contributed by atoms with Gasteiger partial charge >= 0.3 is 0 Å². The number of benzene rings is 2. The Balaban J connectivity index is 0.00000261. The molecule has 0 saturated carbocycles. The fourth-order valence-electron chi connectivity index (χ4n) is 3.32. The van der Waals surface area contributed by atoms with Gasteiger partial charge in [-0.15, -0.1) is 24.0 Å². The number of hydrogen-bond donors (Lipinski definition) is 2. The van der Waals surface area contributed by atoms with Crippen LogP contribution in [0.15, 0.2) is 59.6 Å². The van der Waals surface area contributed by atoms with Gasteiger partial charge in [-0.1, -0.05) is 42.5 Å². The number of nitrogens with one attached hydrogen (secondary N) is 2. The summed E-state index contributed by atoms with van der Waals surface area (Å²) >= 11 is 0. The van der Waals surface area contributed by atoms with Crippen LogP contribution < -0.4 is 10.6 Å². The Morgan fingerprint density at radius 3 is 2.70 bits per heavy atom. The molecule has 1 aliphatic heterocycles. The van der Waals surface area contributed by atoms with Crippen molar-refractivity contribution in [1.29, 1.82) is 0 Å². The van der Waals surface area contributed by atoms with E-state index in [0.29, 0.717) is 12.5 Å². The van der Waals surface area contributed by atoms with Crippen molar-refractivity contribution in [3.05, 3.63) is 71.5 Å². The largest absolute Gasteiger partial charge is 0.373 e. The number of halogens is 2. The van der Waals surface area contributed by atoms with Gasteiger partial charge in [0.15, 0.2) is 5.96 Å². The number of ether oxygens (including phenoxy) is 1. The lowest BCUT2D eigenvalue weighted by molar-refractivity contribution is 0.0915. The average Bonchev–Trinajstić information content (AvgIpc) is 3.14. The van der Waals surface area contributed by atoms with Crippen LogP contribution in [0, 0.1) is 11.7 Å². The first-order chi connectivity index (χ1) is 12.8. The van der Waals surface area contributed by atoms with Crippen molar-refractivity contribution in [3.8, 4) is 0 Å². The van der Waals surface area contributed by atoms with E-state index in [4.69, 9.17) is 4.74 Å². The lowest BCUT2D eigenvalue weighted by atomic mass is 9.95. The first-order valence-electron chi connectivity index (χ1n) is 9.12. The smallest absolute Gasteiger partial charge is 0.190 e. The number of aliphatic imine (C=N–C) groups is 1. The second-order valence-electron chi connectivity index (χ2n) is 6.51. The third kappa shape index (κ3) is 6.46. The van der Waals surface area contributed by atoms with Crippen LogP contribution >= 0.6 is 24.0 Å². The Morgan fingerprint density at radius 1 is 1.15 bits per heavy atom. The number of rotatable bonds is 6. The lowest BCUT2D eigenvalue weighted by Crippen LogP contribution is -2.41. The maximum absolute atomic E-state index is 13.2. The topological polar surface area (TPSA) is 45.7 Å². The third-order valence-electron chi connectivity index (χ3n) is 4.69. The van der Waals surface area contributed by atoms with Crippen molar-refractivity contribution < 1.29 is 9.13 Å². The van der Waals surface area contributed by atoms with Crippen LogP contribution in [0.4, 0.5) is 4.39 Å². The third-order valence-corrected chi connectivity index (χ3v) is 4.69. The maximum Gasteiger partial charge on any atom is 0.190 e. The fourth-order valence-corrected chi connectivity index (χ4v) is 3.32. The molecular weight excluding hydrogens is 456 g/mol. The summed E-state index contributed by atoms with van der Waals surface area (Å²) in [5, 5.41) is 6.69. The molecule has 1 heterocycles. The predicted octanol–water partition coefficient (Wildman–Crippen LogP) is 3.93. The van der Waals surface area contributed by atoms with Gasteiger partial charge in [-0.05, 0) is 36.1 Å². The Hall–Kier alpha value is -1.67. The van der Waals surface area contributed by atoms with Crippen molar-refractivity contribution in [1.82, 2.24) is 10.6 Å². The molecule has 1 saturated heterocycles. The molecule has 1 fully saturated rings. The summed E-state index contributed by atoms with van der Waals surface area (Å²) in [5.41, 5.74) is 2.20. The van der Waals surface area contributed by atoms with Crippen LogP contribution in [0.5, 0.6) is 0 Å². The summed E-state index contributed by atoms with van der Waals surface area (Å²) in [5.74, 6) is 0.984. The van der Waals surface area contributed by atoms with E-state index < -0.39 is 0 Å². The highest BCUT2D eigenvalue weighted by Gasteiger charge is 2.29. The van der Waals surface area contributed by atoms with E-state index in [1.54, 1.807) is 19.2 Å². The summed E-state index contributed by atoms with van der Waals surface area (Å²) in [6.07, 6.45) is 1.92. The molecule has 0 amide bonds. The first kappa shape index (κ1) is 21.6. The zero-order valence-electron chi connectivity index (χ0n) is 15.5. The van der Waals surface area contributed by atoms with Crippen molar-refractivity contribution in [3.63, 3.8) is 0 Å². The summed E-state index contributed by atoms with van der Waals surface area (Å²) in [6.45, 7) is 2.29. The molecule has 1 aliphatic rings. The normalized spacial score (nSPS) is 19.4. The quantitative estimate of drug-likeness (QED) is 0.372. The van der Waals surface area contributed by atoms with Crippen LogP contribution in [0.2, 0.25) is 0 Å². The summed E-state index contributed by atoms with van der Waals surface area (Å²) < 4.78 is 19.2. The second kappa shape index (κ2) is 11.2. The molecule has 0 bridgehead atoms. The standard InChI is InChI=1S/C21H26FN3O.HI/c1-23-21(24-12-10-16-6-5-9-19(22)14-16)25-15-18-11-13-26-20(18)17-7-3-2-4-8-17;/h2-9,14,18,20H,10-13,15H2,1H3,(H2,23,24,25);1H. The SMILES string of the molecule is CN=C(NCCc1cccc(F)c1)NCC1CCOC1c1ccccc1.I. The Kier molecular flexibility index (Phi) is 9.00. The van der Waals surface area contributed by atoms with Crippen molar-refractivity contribution in [2.75, 3.05) is 26.7 Å². The highest BCUT2D eigenvalue weighted by molar-refractivity contribution is 14.0. The molecule has 27 heavy (non-hydrogen) atoms. The molecule has 2 unspecified atom stereocenters. The van der Waals surface area contributed by atoms with Gasteiger partial charge < -0.3 is 15.4 Å². The average molecular weight is 483 g/mol. The molecule has 2 aromatic carbocycles. The lowest BCUT2D eigenvalue weighted by Gasteiger charge is -2.21. The summed E-state index contributed by atoms with van der Waals surface area (Å²) in [7, 11) is 1.76. The van der Waals surface area contributed by atoms with Gasteiger partial charge in [0.25, 0.3) is 0 Å². The minimum absolute atomic E-state index is 0. The minimum atomic E-state index is -0.196. The van der Waals surface area contributed by atoms with E-state index in [1.807, 2.05) is 12.1 Å². The highest BCUT2D eigenvalue weighted by Crippen LogP contribution is 2.33. The van der Waals surface area contributed by atoms with E-state index in [-0.39, 0.29) is 35.9 Å². The van der Waals surface area contributed by atoms with Crippen LogP contribution in [0.25, 0.3) is 0 Å².